The molecule has 0 aliphatic carbocycles. The standard InChI is InChI=1S/4C17H15NO4.2Rh/c4*1-9(2)14(17(21)22)18-15(19)12-7-10-5-3-4-6-11(10)8-13(12)16(18)20;;/h4*3-9,14H,1-2H3,(H,21,22);;/t4*14-;;/m1111../s1. The summed E-state index contributed by atoms with van der Waals surface area (Å²) in [6.45, 7) is 13.4. The van der Waals surface area contributed by atoms with Crippen LogP contribution in [0.4, 0.5) is 0 Å². The molecule has 4 atom stereocenters. The average Bonchev–Trinajstić information content (AvgIpc) is 1.74. The molecule has 2 radical (unpaired) electrons. The first-order valence-electron chi connectivity index (χ1n) is 28.2. The molecule has 4 N–H and O–H groups in total. The van der Waals surface area contributed by atoms with Crippen LogP contribution in [0.15, 0.2) is 146 Å². The second kappa shape index (κ2) is 27.1. The number of hydrogen-bond donors (Lipinski definition) is 4. The van der Waals surface area contributed by atoms with Crippen LogP contribution in [0.3, 0.4) is 0 Å². The first-order valence-corrected chi connectivity index (χ1v) is 28.2. The molecule has 4 aliphatic heterocycles. The van der Waals surface area contributed by atoms with Crippen molar-refractivity contribution >= 4 is 114 Å². The summed E-state index contributed by atoms with van der Waals surface area (Å²) in [6, 6.07) is 38.3. The third-order valence-corrected chi connectivity index (χ3v) is 15.8. The molecule has 466 valence electrons. The van der Waals surface area contributed by atoms with Gasteiger partial charge in [0.2, 0.25) is 0 Å². The van der Waals surface area contributed by atoms with Crippen LogP contribution in [0.1, 0.15) is 138 Å². The summed E-state index contributed by atoms with van der Waals surface area (Å²) >= 11 is 0. The number of carbonyl (C=O) groups excluding carboxylic acids is 8. The molecular weight excluding hydrogens is 1330 g/mol. The minimum absolute atomic E-state index is 0. The van der Waals surface area contributed by atoms with Gasteiger partial charge in [-0.2, -0.15) is 0 Å². The molecule has 8 aromatic carbocycles. The summed E-state index contributed by atoms with van der Waals surface area (Å²) in [5, 5.41) is 44.2. The zero-order valence-corrected chi connectivity index (χ0v) is 52.9. The van der Waals surface area contributed by atoms with Gasteiger partial charge in [-0.1, -0.05) is 152 Å². The van der Waals surface area contributed by atoms with Crippen molar-refractivity contribution in [3.8, 4) is 0 Å². The van der Waals surface area contributed by atoms with Crippen molar-refractivity contribution in [1.82, 2.24) is 19.6 Å². The van der Waals surface area contributed by atoms with Gasteiger partial charge in [0.1, 0.15) is 24.2 Å². The molecule has 12 rings (SSSR count). The van der Waals surface area contributed by atoms with Crippen molar-refractivity contribution in [2.45, 2.75) is 79.6 Å². The van der Waals surface area contributed by atoms with Gasteiger partial charge in [0.05, 0.1) is 44.5 Å². The molecule has 0 saturated heterocycles. The molecular formula is C68H60N4O16Rh2. The van der Waals surface area contributed by atoms with E-state index < -0.39 is 95.3 Å². The molecule has 0 saturated carbocycles. The van der Waals surface area contributed by atoms with Crippen LogP contribution < -0.4 is 0 Å². The van der Waals surface area contributed by atoms with Crippen LogP contribution in [0, 0.1) is 23.7 Å². The van der Waals surface area contributed by atoms with E-state index in [1.807, 2.05) is 97.1 Å². The number of aliphatic carboxylic acids is 4. The van der Waals surface area contributed by atoms with E-state index in [0.717, 1.165) is 62.7 Å². The Hall–Kier alpha value is -9.51. The number of imide groups is 4. The Bertz CT molecular complexity index is 3580. The second-order valence-corrected chi connectivity index (χ2v) is 23.0. The average molecular weight is 1400 g/mol. The van der Waals surface area contributed by atoms with E-state index in [0.29, 0.717) is 0 Å². The number of carboxylic acids is 4. The van der Waals surface area contributed by atoms with E-state index in [4.69, 9.17) is 0 Å². The van der Waals surface area contributed by atoms with E-state index in [1.54, 1.807) is 104 Å². The molecule has 90 heavy (non-hydrogen) atoms. The number of nitrogens with zero attached hydrogens (tertiary/aromatic N) is 4. The SMILES string of the molecule is CC(C)[C@H](C(=O)O)N1C(=O)c2cc3ccccc3cc2C1=O.CC(C)[C@H](C(=O)O)N1C(=O)c2cc3ccccc3cc2C1=O.CC(C)[C@H](C(=O)O)N1C(=O)c2cc3ccccc3cc2C1=O.CC(C)[C@H](C(=O)O)N1C(=O)c2cc3ccccc3cc2C1=O.[Rh].[Rh]. The number of carboxylic acid groups (broad SMARTS) is 4. The quantitative estimate of drug-likeness (QED) is 0.0653. The number of benzene rings is 8. The molecule has 8 aromatic rings. The summed E-state index contributed by atoms with van der Waals surface area (Å²) in [7, 11) is 0. The topological polar surface area (TPSA) is 299 Å². The zero-order chi connectivity index (χ0) is 64.1. The van der Waals surface area contributed by atoms with E-state index >= 15 is 0 Å². The summed E-state index contributed by atoms with van der Waals surface area (Å²) in [5.74, 6) is -10.4. The van der Waals surface area contributed by atoms with Crippen molar-refractivity contribution in [3.63, 3.8) is 0 Å². The smallest absolute Gasteiger partial charge is 0.327 e. The fourth-order valence-electron chi connectivity index (χ4n) is 11.6. The minimum atomic E-state index is -1.17. The first-order chi connectivity index (χ1) is 41.7. The summed E-state index contributed by atoms with van der Waals surface area (Å²) in [5.41, 5.74) is 2.19. The fourth-order valence-corrected chi connectivity index (χ4v) is 11.6. The number of carbonyl (C=O) groups is 12. The largest absolute Gasteiger partial charge is 0.480 e. The first kappa shape index (κ1) is 68.0. The number of amides is 8. The molecule has 20 nitrogen and oxygen atoms in total. The Morgan fingerprint density at radius 1 is 0.256 bits per heavy atom. The second-order valence-electron chi connectivity index (χ2n) is 23.0. The molecule has 0 unspecified atom stereocenters. The molecule has 8 amide bonds. The molecule has 0 aromatic heterocycles. The van der Waals surface area contributed by atoms with Gasteiger partial charge in [0.25, 0.3) is 47.3 Å². The summed E-state index contributed by atoms with van der Waals surface area (Å²) in [6.07, 6.45) is 0. The van der Waals surface area contributed by atoms with Crippen molar-refractivity contribution < 1.29 is 117 Å². The Morgan fingerprint density at radius 3 is 0.456 bits per heavy atom. The summed E-state index contributed by atoms with van der Waals surface area (Å²) in [4.78, 5) is 150. The molecule has 4 heterocycles. The normalized spacial score (nSPS) is 15.2. The maximum atomic E-state index is 12.5. The van der Waals surface area contributed by atoms with Gasteiger partial charge in [0, 0.05) is 39.0 Å². The van der Waals surface area contributed by atoms with Crippen molar-refractivity contribution in [2.24, 2.45) is 23.7 Å². The van der Waals surface area contributed by atoms with Crippen molar-refractivity contribution in [1.29, 1.82) is 0 Å². The van der Waals surface area contributed by atoms with Crippen LogP contribution in [0.25, 0.3) is 43.1 Å². The Labute approximate surface area is 540 Å². The maximum Gasteiger partial charge on any atom is 0.327 e. The minimum Gasteiger partial charge on any atom is -0.480 e. The van der Waals surface area contributed by atoms with Crippen LogP contribution in [0.5, 0.6) is 0 Å². The third kappa shape index (κ3) is 12.5. The molecule has 4 aliphatic rings. The van der Waals surface area contributed by atoms with Crippen molar-refractivity contribution in [2.75, 3.05) is 0 Å². The third-order valence-electron chi connectivity index (χ3n) is 15.8. The van der Waals surface area contributed by atoms with Gasteiger partial charge in [-0.3, -0.25) is 58.0 Å². The number of fused-ring (bicyclic) bond motifs is 8. The molecule has 0 bridgehead atoms. The van der Waals surface area contributed by atoms with Crippen LogP contribution in [0.2, 0.25) is 0 Å². The predicted octanol–water partition coefficient (Wildman–Crippen LogP) is 10.2. The predicted molar refractivity (Wildman–Crippen MR) is 323 cm³/mol. The van der Waals surface area contributed by atoms with Crippen LogP contribution in [-0.4, -0.2) is 135 Å². The van der Waals surface area contributed by atoms with Crippen molar-refractivity contribution in [3.05, 3.63) is 190 Å². The number of hydrogen-bond acceptors (Lipinski definition) is 12. The molecule has 0 fully saturated rings. The van der Waals surface area contributed by atoms with Gasteiger partial charge < -0.3 is 20.4 Å². The Morgan fingerprint density at radius 2 is 0.367 bits per heavy atom. The van der Waals surface area contributed by atoms with E-state index in [2.05, 4.69) is 0 Å². The van der Waals surface area contributed by atoms with Gasteiger partial charge in [-0.25, -0.2) is 19.2 Å². The Balaban J connectivity index is 0.000000169. The molecule has 0 spiro atoms. The molecule has 22 heteroatoms. The van der Waals surface area contributed by atoms with E-state index in [1.165, 1.54) is 0 Å². The van der Waals surface area contributed by atoms with E-state index in [9.17, 15) is 78.0 Å². The van der Waals surface area contributed by atoms with Gasteiger partial charge in [-0.05, 0) is 115 Å². The van der Waals surface area contributed by atoms with Crippen LogP contribution in [-0.2, 0) is 58.1 Å². The van der Waals surface area contributed by atoms with Gasteiger partial charge >= 0.3 is 23.9 Å². The van der Waals surface area contributed by atoms with Gasteiger partial charge in [0.15, 0.2) is 0 Å². The summed E-state index contributed by atoms with van der Waals surface area (Å²) < 4.78 is 0. The fraction of sp³-hybridized carbons (Fsp3) is 0.235. The van der Waals surface area contributed by atoms with Gasteiger partial charge in [-0.15, -0.1) is 0 Å². The van der Waals surface area contributed by atoms with E-state index in [-0.39, 0.29) is 107 Å². The zero-order valence-electron chi connectivity index (χ0n) is 49.6. The number of rotatable bonds is 12. The monoisotopic (exact) mass is 1390 g/mol. The Kier molecular flexibility index (Phi) is 20.5. The van der Waals surface area contributed by atoms with Crippen LogP contribution >= 0.6 is 0 Å². The maximum absolute atomic E-state index is 12.5.